The van der Waals surface area contributed by atoms with E-state index in [1.165, 1.54) is 19.1 Å². The number of rotatable bonds is 7. The van der Waals surface area contributed by atoms with E-state index in [0.29, 0.717) is 37.0 Å². The lowest BCUT2D eigenvalue weighted by Crippen LogP contribution is -2.43. The Hall–Kier alpha value is -1.97. The normalized spacial score (nSPS) is 16.3. The number of carbonyl (C=O) groups is 1. The predicted octanol–water partition coefficient (Wildman–Crippen LogP) is 2.65. The maximum Gasteiger partial charge on any atom is 0.240 e. The largest absolute Gasteiger partial charge is 0.379 e. The average molecular weight is 438 g/mol. The Kier molecular flexibility index (Phi) is 7.26. The molecule has 9 heteroatoms. The minimum atomic E-state index is -3.72. The highest BCUT2D eigenvalue weighted by atomic mass is 35.5. The molecule has 0 radical (unpaired) electrons. The van der Waals surface area contributed by atoms with Gasteiger partial charge in [-0.25, -0.2) is 13.1 Å². The summed E-state index contributed by atoms with van der Waals surface area (Å²) in [5.74, 6) is -0.216. The van der Waals surface area contributed by atoms with E-state index in [9.17, 15) is 13.2 Å². The van der Waals surface area contributed by atoms with Crippen LogP contribution in [0.4, 0.5) is 5.69 Å². The molecule has 1 fully saturated rings. The topological polar surface area (TPSA) is 87.7 Å². The number of sulfonamides is 1. The predicted molar refractivity (Wildman–Crippen MR) is 113 cm³/mol. The van der Waals surface area contributed by atoms with Gasteiger partial charge in [-0.05, 0) is 35.9 Å². The third-order valence-electron chi connectivity index (χ3n) is 4.70. The van der Waals surface area contributed by atoms with Crippen molar-refractivity contribution in [2.24, 2.45) is 0 Å². The van der Waals surface area contributed by atoms with Crippen LogP contribution in [0.2, 0.25) is 5.02 Å². The molecule has 1 aliphatic heterocycles. The Morgan fingerprint density at radius 3 is 2.41 bits per heavy atom. The van der Waals surface area contributed by atoms with Crippen molar-refractivity contribution in [3.63, 3.8) is 0 Å². The Balaban J connectivity index is 1.77. The molecule has 0 saturated carbocycles. The van der Waals surface area contributed by atoms with Crippen LogP contribution in [0, 0.1) is 0 Å². The molecule has 2 N–H and O–H groups in total. The highest BCUT2D eigenvalue weighted by Crippen LogP contribution is 2.28. The van der Waals surface area contributed by atoms with Crippen LogP contribution >= 0.6 is 11.6 Å². The van der Waals surface area contributed by atoms with Gasteiger partial charge in [0.15, 0.2) is 0 Å². The zero-order valence-corrected chi connectivity index (χ0v) is 17.7. The number of benzene rings is 2. The summed E-state index contributed by atoms with van der Waals surface area (Å²) in [6, 6.07) is 13.3. The molecule has 0 aliphatic carbocycles. The summed E-state index contributed by atoms with van der Waals surface area (Å²) in [5, 5.41) is 3.22. The first-order valence-electron chi connectivity index (χ1n) is 9.30. The number of nitrogens with one attached hydrogen (secondary N) is 2. The summed E-state index contributed by atoms with van der Waals surface area (Å²) in [6.07, 6.45) is 0. The van der Waals surface area contributed by atoms with Crippen LogP contribution in [-0.4, -0.2) is 52.1 Å². The lowest BCUT2D eigenvalue weighted by molar-refractivity contribution is -0.114. The third-order valence-corrected chi connectivity index (χ3v) is 6.49. The van der Waals surface area contributed by atoms with E-state index in [1.54, 1.807) is 18.2 Å². The molecule has 7 nitrogen and oxygen atoms in total. The van der Waals surface area contributed by atoms with Gasteiger partial charge in [0.25, 0.3) is 0 Å². The maximum atomic E-state index is 12.8. The molecule has 3 rings (SSSR count). The third kappa shape index (κ3) is 5.77. The van der Waals surface area contributed by atoms with Crippen LogP contribution < -0.4 is 10.0 Å². The summed E-state index contributed by atoms with van der Waals surface area (Å²) >= 11 is 6.39. The van der Waals surface area contributed by atoms with Crippen molar-refractivity contribution in [3.8, 4) is 0 Å². The minimum Gasteiger partial charge on any atom is -0.379 e. The Morgan fingerprint density at radius 2 is 1.79 bits per heavy atom. The van der Waals surface area contributed by atoms with Crippen molar-refractivity contribution < 1.29 is 17.9 Å². The van der Waals surface area contributed by atoms with E-state index in [1.807, 2.05) is 18.2 Å². The zero-order chi connectivity index (χ0) is 20.9. The monoisotopic (exact) mass is 437 g/mol. The first-order valence-corrected chi connectivity index (χ1v) is 11.2. The Morgan fingerprint density at radius 1 is 1.14 bits per heavy atom. The van der Waals surface area contributed by atoms with Gasteiger partial charge in [-0.3, -0.25) is 9.69 Å². The molecule has 2 aromatic rings. The molecule has 1 saturated heterocycles. The number of nitrogens with zero attached hydrogens (tertiary/aromatic N) is 1. The first kappa shape index (κ1) is 21.7. The smallest absolute Gasteiger partial charge is 0.240 e. The molecule has 29 heavy (non-hydrogen) atoms. The highest BCUT2D eigenvalue weighted by Gasteiger charge is 2.26. The van der Waals surface area contributed by atoms with Crippen LogP contribution in [0.15, 0.2) is 53.4 Å². The lowest BCUT2D eigenvalue weighted by atomic mass is 10.0. The zero-order valence-electron chi connectivity index (χ0n) is 16.1. The second-order valence-corrected chi connectivity index (χ2v) is 8.92. The molecule has 1 unspecified atom stereocenters. The number of amides is 1. The van der Waals surface area contributed by atoms with Gasteiger partial charge in [0.2, 0.25) is 15.9 Å². The molecule has 1 amide bonds. The van der Waals surface area contributed by atoms with Crippen LogP contribution in [-0.2, 0) is 19.6 Å². The fraction of sp³-hybridized carbons (Fsp3) is 0.350. The molecule has 1 aliphatic rings. The van der Waals surface area contributed by atoms with E-state index < -0.39 is 10.0 Å². The van der Waals surface area contributed by atoms with Crippen LogP contribution in [0.3, 0.4) is 0 Å². The van der Waals surface area contributed by atoms with Gasteiger partial charge in [0.05, 0.1) is 18.1 Å². The number of carbonyl (C=O) groups excluding carboxylic acids is 1. The SMILES string of the molecule is CC(=O)Nc1ccc(S(=O)(=O)NCC(c2ccccc2Cl)N2CCOCC2)cc1. The lowest BCUT2D eigenvalue weighted by Gasteiger charge is -2.35. The second kappa shape index (κ2) is 9.69. The van der Waals surface area contributed by atoms with Gasteiger partial charge in [-0.1, -0.05) is 29.8 Å². The van der Waals surface area contributed by atoms with Gasteiger partial charge < -0.3 is 10.1 Å². The average Bonchev–Trinajstić information content (AvgIpc) is 2.70. The molecule has 156 valence electrons. The van der Waals surface area contributed by atoms with E-state index >= 15 is 0 Å². The number of hydrogen-bond donors (Lipinski definition) is 2. The summed E-state index contributed by atoms with van der Waals surface area (Å²) in [6.45, 7) is 4.16. The van der Waals surface area contributed by atoms with Crippen LogP contribution in [0.5, 0.6) is 0 Å². The molecule has 0 spiro atoms. The fourth-order valence-electron chi connectivity index (χ4n) is 3.26. The van der Waals surface area contributed by atoms with Crippen molar-refractivity contribution in [2.75, 3.05) is 38.2 Å². The van der Waals surface area contributed by atoms with E-state index in [2.05, 4.69) is 14.9 Å². The maximum absolute atomic E-state index is 12.8. The quantitative estimate of drug-likeness (QED) is 0.695. The molecular formula is C20H24ClN3O4S. The van der Waals surface area contributed by atoms with Gasteiger partial charge in [0, 0.05) is 43.3 Å². The second-order valence-electron chi connectivity index (χ2n) is 6.74. The number of halogens is 1. The van der Waals surface area contributed by atoms with Crippen LogP contribution in [0.1, 0.15) is 18.5 Å². The number of morpholine rings is 1. The molecule has 2 aromatic carbocycles. The summed E-state index contributed by atoms with van der Waals surface area (Å²) < 4.78 is 33.7. The van der Waals surface area contributed by atoms with Gasteiger partial charge in [-0.15, -0.1) is 0 Å². The van der Waals surface area contributed by atoms with E-state index in [-0.39, 0.29) is 23.4 Å². The van der Waals surface area contributed by atoms with E-state index in [0.717, 1.165) is 5.56 Å². The Bertz CT molecular complexity index is 944. The Labute approximate surface area is 176 Å². The number of hydrogen-bond acceptors (Lipinski definition) is 5. The van der Waals surface area contributed by atoms with Crippen LogP contribution in [0.25, 0.3) is 0 Å². The van der Waals surface area contributed by atoms with E-state index in [4.69, 9.17) is 16.3 Å². The summed E-state index contributed by atoms with van der Waals surface area (Å²) in [5.41, 5.74) is 1.42. The molecule has 0 aromatic heterocycles. The number of anilines is 1. The van der Waals surface area contributed by atoms with Crippen molar-refractivity contribution >= 4 is 33.2 Å². The fourth-order valence-corrected chi connectivity index (χ4v) is 4.56. The molecular weight excluding hydrogens is 414 g/mol. The van der Waals surface area contributed by atoms with Gasteiger partial charge in [-0.2, -0.15) is 0 Å². The summed E-state index contributed by atoms with van der Waals surface area (Å²) in [4.78, 5) is 13.4. The minimum absolute atomic E-state index is 0.131. The summed E-state index contributed by atoms with van der Waals surface area (Å²) in [7, 11) is -3.72. The van der Waals surface area contributed by atoms with Gasteiger partial charge in [0.1, 0.15) is 0 Å². The highest BCUT2D eigenvalue weighted by molar-refractivity contribution is 7.89. The first-order chi connectivity index (χ1) is 13.9. The van der Waals surface area contributed by atoms with Crippen molar-refractivity contribution in [1.29, 1.82) is 0 Å². The molecule has 0 bridgehead atoms. The van der Waals surface area contributed by atoms with Crippen molar-refractivity contribution in [1.82, 2.24) is 9.62 Å². The van der Waals surface area contributed by atoms with Crippen molar-refractivity contribution in [2.45, 2.75) is 17.9 Å². The number of ether oxygens (including phenoxy) is 1. The molecule has 1 heterocycles. The van der Waals surface area contributed by atoms with Gasteiger partial charge >= 0.3 is 0 Å². The standard InChI is InChI=1S/C20H24ClN3O4S/c1-15(25)23-16-6-8-17(9-7-16)29(26,27)22-14-20(24-10-12-28-13-11-24)18-4-2-3-5-19(18)21/h2-9,20,22H,10-14H2,1H3,(H,23,25). The molecule has 1 atom stereocenters. The van der Waals surface area contributed by atoms with Crippen molar-refractivity contribution in [3.05, 3.63) is 59.1 Å².